The molecule has 0 radical (unpaired) electrons. The third kappa shape index (κ3) is 3.34. The Morgan fingerprint density at radius 2 is 2.44 bits per heavy atom. The van der Waals surface area contributed by atoms with Gasteiger partial charge in [-0.05, 0) is 19.3 Å². The molecule has 6 heteroatoms. The van der Waals surface area contributed by atoms with Crippen LogP contribution < -0.4 is 11.3 Å². The molecule has 0 aliphatic carbocycles. The summed E-state index contributed by atoms with van der Waals surface area (Å²) in [5.74, 6) is 7.19. The number of nitrogen functional groups attached to an aromatic ring is 1. The maximum Gasteiger partial charge on any atom is 0.147 e. The summed E-state index contributed by atoms with van der Waals surface area (Å²) in [6, 6.07) is 0. The normalized spacial score (nSPS) is 19.1. The fourth-order valence-electron chi connectivity index (χ4n) is 2.07. The lowest BCUT2D eigenvalue weighted by molar-refractivity contribution is 0.129. The van der Waals surface area contributed by atoms with Crippen LogP contribution in [0.3, 0.4) is 0 Å². The summed E-state index contributed by atoms with van der Waals surface area (Å²) in [5.41, 5.74) is 3.77. The van der Waals surface area contributed by atoms with E-state index < -0.39 is 0 Å². The highest BCUT2D eigenvalue weighted by atomic mass is 32.2. The monoisotopic (exact) mass is 268 g/mol. The number of thioether (sulfide) groups is 1. The quantitative estimate of drug-likeness (QED) is 0.356. The van der Waals surface area contributed by atoms with E-state index in [1.165, 1.54) is 6.42 Å². The van der Waals surface area contributed by atoms with Crippen LogP contribution in [0, 0.1) is 0 Å². The van der Waals surface area contributed by atoms with Gasteiger partial charge in [0.25, 0.3) is 0 Å². The van der Waals surface area contributed by atoms with E-state index in [9.17, 15) is 0 Å². The first-order valence-corrected chi connectivity index (χ1v) is 7.38. The summed E-state index contributed by atoms with van der Waals surface area (Å²) >= 11 is 1.74. The maximum atomic E-state index is 5.63. The smallest absolute Gasteiger partial charge is 0.147 e. The Labute approximate surface area is 112 Å². The summed E-state index contributed by atoms with van der Waals surface area (Å²) in [5, 5.41) is 1.02. The number of aromatic nitrogens is 2. The van der Waals surface area contributed by atoms with Gasteiger partial charge >= 0.3 is 0 Å². The first-order valence-electron chi connectivity index (χ1n) is 6.40. The molecule has 1 saturated heterocycles. The molecule has 1 aromatic rings. The van der Waals surface area contributed by atoms with E-state index in [0.717, 1.165) is 48.0 Å². The number of rotatable bonds is 6. The van der Waals surface area contributed by atoms with Gasteiger partial charge in [-0.25, -0.2) is 15.8 Å². The molecule has 0 saturated carbocycles. The minimum atomic E-state index is 0.369. The van der Waals surface area contributed by atoms with Crippen molar-refractivity contribution in [3.8, 4) is 0 Å². The Hall–Kier alpha value is -0.850. The highest BCUT2D eigenvalue weighted by Gasteiger charge is 2.17. The molecule has 1 aromatic heterocycles. The van der Waals surface area contributed by atoms with Crippen molar-refractivity contribution in [1.82, 2.24) is 9.97 Å². The van der Waals surface area contributed by atoms with Crippen LogP contribution >= 0.6 is 11.8 Å². The predicted octanol–water partition coefficient (Wildman–Crippen LogP) is 1.99. The first kappa shape index (κ1) is 13.6. The van der Waals surface area contributed by atoms with Gasteiger partial charge in [0.1, 0.15) is 17.2 Å². The van der Waals surface area contributed by atoms with Crippen LogP contribution in [0.1, 0.15) is 31.7 Å². The van der Waals surface area contributed by atoms with E-state index in [1.54, 1.807) is 18.1 Å². The average molecular weight is 268 g/mol. The zero-order valence-electron chi connectivity index (χ0n) is 10.7. The van der Waals surface area contributed by atoms with Crippen molar-refractivity contribution in [2.75, 3.05) is 17.8 Å². The minimum absolute atomic E-state index is 0.369. The van der Waals surface area contributed by atoms with Crippen LogP contribution in [0.2, 0.25) is 0 Å². The van der Waals surface area contributed by atoms with Crippen molar-refractivity contribution >= 4 is 17.6 Å². The Bertz CT molecular complexity index is 382. The van der Waals surface area contributed by atoms with E-state index in [1.807, 2.05) is 0 Å². The SMILES string of the molecule is CCCc1c(NN)ncnc1SCC1CCCO1. The van der Waals surface area contributed by atoms with Crippen molar-refractivity contribution in [1.29, 1.82) is 0 Å². The van der Waals surface area contributed by atoms with Gasteiger partial charge in [-0.1, -0.05) is 13.3 Å². The number of hydrogen-bond acceptors (Lipinski definition) is 6. The van der Waals surface area contributed by atoms with E-state index in [2.05, 4.69) is 22.3 Å². The Kier molecular flexibility index (Phi) is 5.22. The van der Waals surface area contributed by atoms with Crippen molar-refractivity contribution in [2.45, 2.75) is 43.7 Å². The zero-order chi connectivity index (χ0) is 12.8. The molecule has 3 N–H and O–H groups in total. The second kappa shape index (κ2) is 6.92. The van der Waals surface area contributed by atoms with Crippen molar-refractivity contribution in [3.05, 3.63) is 11.9 Å². The molecular weight excluding hydrogens is 248 g/mol. The van der Waals surface area contributed by atoms with Gasteiger partial charge in [0.2, 0.25) is 0 Å². The van der Waals surface area contributed by atoms with E-state index in [4.69, 9.17) is 10.6 Å². The predicted molar refractivity (Wildman–Crippen MR) is 73.5 cm³/mol. The summed E-state index contributed by atoms with van der Waals surface area (Å²) in [7, 11) is 0. The lowest BCUT2D eigenvalue weighted by Gasteiger charge is -2.13. The molecule has 18 heavy (non-hydrogen) atoms. The molecule has 2 heterocycles. The number of nitrogens with two attached hydrogens (primary N) is 1. The lowest BCUT2D eigenvalue weighted by Crippen LogP contribution is -2.13. The largest absolute Gasteiger partial charge is 0.377 e. The minimum Gasteiger partial charge on any atom is -0.377 e. The molecule has 5 nitrogen and oxygen atoms in total. The zero-order valence-corrected chi connectivity index (χ0v) is 11.5. The van der Waals surface area contributed by atoms with Gasteiger partial charge in [-0.2, -0.15) is 0 Å². The van der Waals surface area contributed by atoms with Crippen molar-refractivity contribution < 1.29 is 4.74 Å². The molecule has 1 fully saturated rings. The Morgan fingerprint density at radius 3 is 3.11 bits per heavy atom. The third-order valence-corrected chi connectivity index (χ3v) is 4.14. The second-order valence-electron chi connectivity index (χ2n) is 4.35. The molecule has 0 amide bonds. The number of nitrogens with zero attached hydrogens (tertiary/aromatic N) is 2. The van der Waals surface area contributed by atoms with Gasteiger partial charge < -0.3 is 10.2 Å². The van der Waals surface area contributed by atoms with Gasteiger partial charge in [0.15, 0.2) is 0 Å². The van der Waals surface area contributed by atoms with E-state index >= 15 is 0 Å². The molecule has 1 unspecified atom stereocenters. The molecule has 0 bridgehead atoms. The molecule has 2 rings (SSSR count). The Balaban J connectivity index is 2.05. The van der Waals surface area contributed by atoms with Crippen molar-refractivity contribution in [3.63, 3.8) is 0 Å². The summed E-state index contributed by atoms with van der Waals surface area (Å²) < 4.78 is 5.63. The van der Waals surface area contributed by atoms with E-state index in [0.29, 0.717) is 6.10 Å². The summed E-state index contributed by atoms with van der Waals surface area (Å²) in [6.45, 7) is 3.04. The fourth-order valence-corrected chi connectivity index (χ4v) is 3.17. The number of ether oxygens (including phenoxy) is 1. The molecule has 1 atom stereocenters. The number of nitrogens with one attached hydrogen (secondary N) is 1. The highest BCUT2D eigenvalue weighted by Crippen LogP contribution is 2.28. The average Bonchev–Trinajstić information content (AvgIpc) is 2.91. The lowest BCUT2D eigenvalue weighted by atomic mass is 10.2. The topological polar surface area (TPSA) is 73.1 Å². The van der Waals surface area contributed by atoms with Gasteiger partial charge in [-0.15, -0.1) is 11.8 Å². The summed E-state index contributed by atoms with van der Waals surface area (Å²) in [4.78, 5) is 8.53. The molecule has 1 aliphatic heterocycles. The molecule has 1 aliphatic rings. The van der Waals surface area contributed by atoms with Crippen LogP contribution in [0.15, 0.2) is 11.4 Å². The Morgan fingerprint density at radius 1 is 1.56 bits per heavy atom. The van der Waals surface area contributed by atoms with Crippen LogP contribution in [0.25, 0.3) is 0 Å². The van der Waals surface area contributed by atoms with Crippen LogP contribution in [0.5, 0.6) is 0 Å². The highest BCUT2D eigenvalue weighted by molar-refractivity contribution is 7.99. The number of hydrogen-bond donors (Lipinski definition) is 2. The summed E-state index contributed by atoms with van der Waals surface area (Å²) in [6.07, 6.45) is 6.25. The van der Waals surface area contributed by atoms with E-state index in [-0.39, 0.29) is 0 Å². The molecule has 100 valence electrons. The van der Waals surface area contributed by atoms with Gasteiger partial charge in [0, 0.05) is 17.9 Å². The molecule has 0 spiro atoms. The molecular formula is C12H20N4OS. The third-order valence-electron chi connectivity index (χ3n) is 2.97. The van der Waals surface area contributed by atoms with Crippen LogP contribution in [-0.2, 0) is 11.2 Å². The molecule has 0 aromatic carbocycles. The number of hydrazine groups is 1. The maximum absolute atomic E-state index is 5.63. The van der Waals surface area contributed by atoms with Gasteiger partial charge in [0.05, 0.1) is 6.10 Å². The first-order chi connectivity index (χ1) is 8.85. The van der Waals surface area contributed by atoms with Crippen molar-refractivity contribution in [2.24, 2.45) is 5.84 Å². The second-order valence-corrected chi connectivity index (χ2v) is 5.36. The fraction of sp³-hybridized carbons (Fsp3) is 0.667. The van der Waals surface area contributed by atoms with Crippen LogP contribution in [-0.4, -0.2) is 28.4 Å². The standard InChI is InChI=1S/C12H20N4OS/c1-2-4-10-11(16-13)14-8-15-12(10)18-7-9-5-3-6-17-9/h8-9H,2-7,13H2,1H3,(H,14,15,16). The van der Waals surface area contributed by atoms with Crippen LogP contribution in [0.4, 0.5) is 5.82 Å². The number of anilines is 1. The van der Waals surface area contributed by atoms with Gasteiger partial charge in [-0.3, -0.25) is 0 Å².